The first-order valence-electron chi connectivity index (χ1n) is 7.23. The summed E-state index contributed by atoms with van der Waals surface area (Å²) < 4.78 is 28.2. The van der Waals surface area contributed by atoms with Crippen LogP contribution in [0.25, 0.3) is 0 Å². The second-order valence-electron chi connectivity index (χ2n) is 5.52. The van der Waals surface area contributed by atoms with E-state index in [9.17, 15) is 8.42 Å². The predicted octanol–water partition coefficient (Wildman–Crippen LogP) is 1.55. The van der Waals surface area contributed by atoms with Crippen molar-refractivity contribution in [2.75, 3.05) is 26.2 Å². The number of aromatic nitrogens is 2. The summed E-state index contributed by atoms with van der Waals surface area (Å²) in [6, 6.07) is 2.46. The van der Waals surface area contributed by atoms with Crippen molar-refractivity contribution in [3.05, 3.63) is 34.8 Å². The molecule has 0 aliphatic carbocycles. The summed E-state index contributed by atoms with van der Waals surface area (Å²) in [7, 11) is -1.70. The van der Waals surface area contributed by atoms with Gasteiger partial charge in [0.2, 0.25) is 10.0 Å². The molecule has 1 aliphatic rings. The zero-order valence-corrected chi connectivity index (χ0v) is 14.3. The third-order valence-electron chi connectivity index (χ3n) is 4.17. The van der Waals surface area contributed by atoms with E-state index in [1.54, 1.807) is 28.9 Å². The predicted molar refractivity (Wildman–Crippen MR) is 86.3 cm³/mol. The topological polar surface area (TPSA) is 58.4 Å². The van der Waals surface area contributed by atoms with Crippen molar-refractivity contribution in [2.24, 2.45) is 7.05 Å². The molecule has 1 aliphatic heterocycles. The number of rotatable bonds is 4. The fourth-order valence-corrected chi connectivity index (χ4v) is 4.89. The highest BCUT2D eigenvalue weighted by molar-refractivity contribution is 7.89. The summed E-state index contributed by atoms with van der Waals surface area (Å²) in [6.45, 7) is 4.71. The Kier molecular flexibility index (Phi) is 4.35. The van der Waals surface area contributed by atoms with Crippen LogP contribution < -0.4 is 0 Å². The molecule has 1 fully saturated rings. The zero-order chi connectivity index (χ0) is 15.7. The molecular weight excluding hydrogens is 320 g/mol. The van der Waals surface area contributed by atoms with Gasteiger partial charge >= 0.3 is 0 Å². The third kappa shape index (κ3) is 2.96. The molecule has 120 valence electrons. The molecule has 22 heavy (non-hydrogen) atoms. The van der Waals surface area contributed by atoms with Crippen LogP contribution >= 0.6 is 11.3 Å². The van der Waals surface area contributed by atoms with E-state index in [0.717, 1.165) is 13.1 Å². The number of hydrogen-bond donors (Lipinski definition) is 0. The molecule has 2 aromatic rings. The molecule has 3 rings (SSSR count). The zero-order valence-electron chi connectivity index (χ0n) is 12.7. The van der Waals surface area contributed by atoms with Crippen LogP contribution in [0.5, 0.6) is 0 Å². The van der Waals surface area contributed by atoms with E-state index >= 15 is 0 Å². The maximum atomic E-state index is 12.6. The molecule has 2 aromatic heterocycles. The smallest absolute Gasteiger partial charge is 0.246 e. The molecule has 0 bridgehead atoms. The molecule has 6 nitrogen and oxygen atoms in total. The molecule has 8 heteroatoms. The van der Waals surface area contributed by atoms with Gasteiger partial charge in [0.05, 0.1) is 6.20 Å². The van der Waals surface area contributed by atoms with Gasteiger partial charge in [0.15, 0.2) is 0 Å². The van der Waals surface area contributed by atoms with Crippen molar-refractivity contribution in [1.82, 2.24) is 19.0 Å². The van der Waals surface area contributed by atoms with E-state index in [1.165, 1.54) is 16.4 Å². The van der Waals surface area contributed by atoms with Gasteiger partial charge in [-0.3, -0.25) is 9.58 Å². The first kappa shape index (κ1) is 15.7. The molecule has 0 amide bonds. The highest BCUT2D eigenvalue weighted by Crippen LogP contribution is 2.25. The van der Waals surface area contributed by atoms with Crippen molar-refractivity contribution < 1.29 is 8.42 Å². The molecule has 0 N–H and O–H groups in total. The SMILES string of the molecule is CC(c1ccsc1)N1CCN(S(=O)(=O)c2cnn(C)c2)CC1. The first-order chi connectivity index (χ1) is 10.5. The van der Waals surface area contributed by atoms with Crippen LogP contribution in [-0.2, 0) is 17.1 Å². The normalized spacial score (nSPS) is 19.4. The molecule has 0 aromatic carbocycles. The quantitative estimate of drug-likeness (QED) is 0.847. The van der Waals surface area contributed by atoms with Gasteiger partial charge in [-0.25, -0.2) is 8.42 Å². The molecule has 1 unspecified atom stereocenters. The van der Waals surface area contributed by atoms with Crippen molar-refractivity contribution in [3.8, 4) is 0 Å². The maximum Gasteiger partial charge on any atom is 0.246 e. The van der Waals surface area contributed by atoms with Gasteiger partial charge in [-0.2, -0.15) is 20.7 Å². The molecule has 0 saturated carbocycles. The average Bonchev–Trinajstić information content (AvgIpc) is 3.18. The van der Waals surface area contributed by atoms with E-state index in [-0.39, 0.29) is 4.90 Å². The number of nitrogens with zero attached hydrogens (tertiary/aromatic N) is 4. The summed E-state index contributed by atoms with van der Waals surface area (Å²) in [5.41, 5.74) is 1.30. The Morgan fingerprint density at radius 1 is 1.27 bits per heavy atom. The van der Waals surface area contributed by atoms with Gasteiger partial charge < -0.3 is 0 Å². The summed E-state index contributed by atoms with van der Waals surface area (Å²) in [5, 5.41) is 8.19. The van der Waals surface area contributed by atoms with Crippen molar-refractivity contribution in [1.29, 1.82) is 0 Å². The number of sulfonamides is 1. The summed E-state index contributed by atoms with van der Waals surface area (Å²) in [6.07, 6.45) is 2.96. The first-order valence-corrected chi connectivity index (χ1v) is 9.62. The Morgan fingerprint density at radius 2 is 2.00 bits per heavy atom. The van der Waals surface area contributed by atoms with Crippen LogP contribution in [0.2, 0.25) is 0 Å². The van der Waals surface area contributed by atoms with Crippen molar-refractivity contribution in [3.63, 3.8) is 0 Å². The lowest BCUT2D eigenvalue weighted by Gasteiger charge is -2.37. The van der Waals surface area contributed by atoms with Gasteiger partial charge in [-0.15, -0.1) is 0 Å². The highest BCUT2D eigenvalue weighted by atomic mass is 32.2. The monoisotopic (exact) mass is 340 g/mol. The Morgan fingerprint density at radius 3 is 2.55 bits per heavy atom. The standard InChI is InChI=1S/C14H20N4O2S2/c1-12(13-3-8-21-11-13)17-4-6-18(7-5-17)22(19,20)14-9-15-16(2)10-14/h3,8-12H,4-7H2,1-2H3. The number of hydrogen-bond acceptors (Lipinski definition) is 5. The van der Waals surface area contributed by atoms with Crippen LogP contribution in [0.3, 0.4) is 0 Å². The lowest BCUT2D eigenvalue weighted by molar-refractivity contribution is 0.146. The second kappa shape index (κ2) is 6.11. The van der Waals surface area contributed by atoms with Gasteiger partial charge in [-0.05, 0) is 29.3 Å². The Balaban J connectivity index is 1.67. The minimum absolute atomic E-state index is 0.273. The van der Waals surface area contributed by atoms with Crippen LogP contribution in [0.15, 0.2) is 34.1 Å². The second-order valence-corrected chi connectivity index (χ2v) is 8.24. The summed E-state index contributed by atoms with van der Waals surface area (Å²) in [5.74, 6) is 0. The third-order valence-corrected chi connectivity index (χ3v) is 6.72. The van der Waals surface area contributed by atoms with Crippen LogP contribution in [0.1, 0.15) is 18.5 Å². The number of piperazine rings is 1. The molecule has 1 atom stereocenters. The van der Waals surface area contributed by atoms with E-state index in [1.807, 2.05) is 0 Å². The lowest BCUT2D eigenvalue weighted by Crippen LogP contribution is -2.49. The maximum absolute atomic E-state index is 12.6. The highest BCUT2D eigenvalue weighted by Gasteiger charge is 2.31. The fraction of sp³-hybridized carbons (Fsp3) is 0.500. The summed E-state index contributed by atoms with van der Waals surface area (Å²) in [4.78, 5) is 2.60. The average molecular weight is 340 g/mol. The Labute approximate surface area is 135 Å². The van der Waals surface area contributed by atoms with E-state index in [2.05, 4.69) is 33.7 Å². The van der Waals surface area contributed by atoms with E-state index < -0.39 is 10.0 Å². The van der Waals surface area contributed by atoms with Crippen LogP contribution in [0.4, 0.5) is 0 Å². The van der Waals surface area contributed by atoms with Gasteiger partial charge in [0.25, 0.3) is 0 Å². The fourth-order valence-electron chi connectivity index (χ4n) is 2.74. The van der Waals surface area contributed by atoms with E-state index in [4.69, 9.17) is 0 Å². The summed E-state index contributed by atoms with van der Waals surface area (Å²) >= 11 is 1.69. The number of aryl methyl sites for hydroxylation is 1. The van der Waals surface area contributed by atoms with Gasteiger partial charge in [0, 0.05) is 45.5 Å². The Hall–Kier alpha value is -1.22. The van der Waals surface area contributed by atoms with Crippen LogP contribution in [0, 0.1) is 0 Å². The minimum atomic E-state index is -3.42. The Bertz CT molecular complexity index is 716. The number of thiophene rings is 1. The minimum Gasteiger partial charge on any atom is -0.294 e. The van der Waals surface area contributed by atoms with Crippen molar-refractivity contribution in [2.45, 2.75) is 17.9 Å². The van der Waals surface area contributed by atoms with Crippen LogP contribution in [-0.4, -0.2) is 53.6 Å². The molecule has 0 spiro atoms. The molecule has 1 saturated heterocycles. The van der Waals surface area contributed by atoms with E-state index in [0.29, 0.717) is 19.1 Å². The van der Waals surface area contributed by atoms with Gasteiger partial charge in [-0.1, -0.05) is 0 Å². The molecular formula is C14H20N4O2S2. The van der Waals surface area contributed by atoms with Crippen molar-refractivity contribution >= 4 is 21.4 Å². The van der Waals surface area contributed by atoms with Gasteiger partial charge in [0.1, 0.15) is 4.90 Å². The molecule has 0 radical (unpaired) electrons. The lowest BCUT2D eigenvalue weighted by atomic mass is 10.1. The largest absolute Gasteiger partial charge is 0.294 e. The molecule has 3 heterocycles.